The minimum Gasteiger partial charge on any atom is -0.491 e. The molecule has 0 N–H and O–H groups in total. The number of hydrogen-bond donors (Lipinski definition) is 0. The van der Waals surface area contributed by atoms with Crippen LogP contribution in [0.3, 0.4) is 0 Å². The van der Waals surface area contributed by atoms with Crippen molar-refractivity contribution in [2.75, 3.05) is 6.61 Å². The van der Waals surface area contributed by atoms with Gasteiger partial charge in [-0.15, -0.1) is 0 Å². The van der Waals surface area contributed by atoms with Crippen LogP contribution in [0.25, 0.3) is 11.1 Å². The third-order valence-corrected chi connectivity index (χ3v) is 4.65. The van der Waals surface area contributed by atoms with Crippen LogP contribution in [0.4, 0.5) is 17.6 Å². The Morgan fingerprint density at radius 2 is 1.50 bits per heavy atom. The van der Waals surface area contributed by atoms with E-state index < -0.39 is 18.4 Å². The zero-order valence-electron chi connectivity index (χ0n) is 16.3. The molecule has 154 valence electrons. The van der Waals surface area contributed by atoms with Crippen molar-refractivity contribution in [3.8, 4) is 16.9 Å². The Kier molecular flexibility index (Phi) is 8.81. The van der Waals surface area contributed by atoms with Gasteiger partial charge in [-0.3, -0.25) is 0 Å². The lowest BCUT2D eigenvalue weighted by Crippen LogP contribution is -2.10. The van der Waals surface area contributed by atoms with Gasteiger partial charge in [-0.05, 0) is 48.1 Å². The first-order valence-corrected chi connectivity index (χ1v) is 9.97. The number of ether oxygens (including phenoxy) is 1. The van der Waals surface area contributed by atoms with Crippen molar-refractivity contribution >= 4 is 0 Å². The molecule has 0 bridgehead atoms. The third-order valence-electron chi connectivity index (χ3n) is 4.65. The molecule has 0 radical (unpaired) electrons. The first kappa shape index (κ1) is 22.3. The van der Waals surface area contributed by atoms with Crippen LogP contribution >= 0.6 is 0 Å². The molecule has 0 amide bonds. The minimum atomic E-state index is -4.21. The van der Waals surface area contributed by atoms with Gasteiger partial charge in [0.2, 0.25) is 0 Å². The van der Waals surface area contributed by atoms with Gasteiger partial charge >= 0.3 is 6.18 Å². The van der Waals surface area contributed by atoms with Crippen molar-refractivity contribution in [2.24, 2.45) is 0 Å². The van der Waals surface area contributed by atoms with Crippen molar-refractivity contribution < 1.29 is 22.3 Å². The smallest absolute Gasteiger partial charge is 0.389 e. The second-order valence-electron chi connectivity index (χ2n) is 7.07. The van der Waals surface area contributed by atoms with Gasteiger partial charge in [0.1, 0.15) is 0 Å². The Morgan fingerprint density at radius 1 is 0.821 bits per heavy atom. The summed E-state index contributed by atoms with van der Waals surface area (Å²) in [7, 11) is 0. The van der Waals surface area contributed by atoms with E-state index in [2.05, 4.69) is 19.1 Å². The molecular formula is C23H28F4O. The average Bonchev–Trinajstić information content (AvgIpc) is 2.66. The number of benzene rings is 2. The molecule has 0 spiro atoms. The van der Waals surface area contributed by atoms with E-state index in [1.54, 1.807) is 6.07 Å². The number of rotatable bonds is 11. The van der Waals surface area contributed by atoms with Crippen molar-refractivity contribution in [3.05, 3.63) is 53.8 Å². The highest BCUT2D eigenvalue weighted by molar-refractivity contribution is 5.64. The van der Waals surface area contributed by atoms with E-state index in [0.717, 1.165) is 17.5 Å². The minimum absolute atomic E-state index is 0.0189. The van der Waals surface area contributed by atoms with E-state index in [1.807, 2.05) is 12.1 Å². The number of aryl methyl sites for hydroxylation is 1. The maximum Gasteiger partial charge on any atom is 0.389 e. The predicted octanol–water partition coefficient (Wildman–Crippen LogP) is 7.73. The summed E-state index contributed by atoms with van der Waals surface area (Å²) in [6.07, 6.45) is 1.92. The summed E-state index contributed by atoms with van der Waals surface area (Å²) in [5.41, 5.74) is 2.89. The highest BCUT2D eigenvalue weighted by Gasteiger charge is 2.26. The molecule has 0 aromatic heterocycles. The number of unbranched alkanes of at least 4 members (excludes halogenated alkanes) is 4. The molecule has 1 nitrogen and oxygen atoms in total. The fourth-order valence-electron chi connectivity index (χ4n) is 3.05. The molecule has 0 saturated carbocycles. The standard InChI is InChI=1S/C23H28F4O/c1-2-3-4-5-6-8-18-9-11-19(12-10-18)20-13-14-22(21(24)17-20)28-16-7-15-23(25,26)27/h9-14,17H,2-8,15-16H2,1H3. The molecule has 2 aromatic rings. The SMILES string of the molecule is CCCCCCCc1ccc(-c2ccc(OCCCC(F)(F)F)c(F)c2)cc1. The summed E-state index contributed by atoms with van der Waals surface area (Å²) in [5.74, 6) is -0.584. The largest absolute Gasteiger partial charge is 0.491 e. The van der Waals surface area contributed by atoms with Crippen LogP contribution in [0.5, 0.6) is 5.75 Å². The fraction of sp³-hybridized carbons (Fsp3) is 0.478. The molecule has 2 rings (SSSR count). The molecule has 0 aliphatic carbocycles. The van der Waals surface area contributed by atoms with Gasteiger partial charge in [-0.25, -0.2) is 4.39 Å². The first-order valence-electron chi connectivity index (χ1n) is 9.97. The number of alkyl halides is 3. The molecular weight excluding hydrogens is 368 g/mol. The second kappa shape index (κ2) is 11.1. The van der Waals surface area contributed by atoms with Crippen LogP contribution in [0, 0.1) is 5.82 Å². The van der Waals surface area contributed by atoms with Gasteiger partial charge in [0.05, 0.1) is 6.61 Å². The van der Waals surface area contributed by atoms with Gasteiger partial charge < -0.3 is 4.74 Å². The van der Waals surface area contributed by atoms with Crippen molar-refractivity contribution in [1.29, 1.82) is 0 Å². The summed E-state index contributed by atoms with van der Waals surface area (Å²) in [6.45, 7) is 2.04. The average molecular weight is 396 g/mol. The van der Waals surface area contributed by atoms with Crippen LogP contribution in [-0.2, 0) is 6.42 Å². The van der Waals surface area contributed by atoms with E-state index in [1.165, 1.54) is 49.8 Å². The quantitative estimate of drug-likeness (QED) is 0.279. The Labute approximate surface area is 164 Å². The van der Waals surface area contributed by atoms with Gasteiger partial charge in [0, 0.05) is 6.42 Å². The summed E-state index contributed by atoms with van der Waals surface area (Å²) in [6, 6.07) is 12.6. The Hall–Kier alpha value is -2.04. The van der Waals surface area contributed by atoms with Gasteiger partial charge in [0.25, 0.3) is 0 Å². The number of hydrogen-bond acceptors (Lipinski definition) is 1. The molecule has 5 heteroatoms. The Bertz CT molecular complexity index is 708. The monoisotopic (exact) mass is 396 g/mol. The molecule has 0 unspecified atom stereocenters. The van der Waals surface area contributed by atoms with E-state index in [9.17, 15) is 17.6 Å². The van der Waals surface area contributed by atoms with Crippen LogP contribution in [0.2, 0.25) is 0 Å². The molecule has 0 aliphatic heterocycles. The molecule has 0 heterocycles. The van der Waals surface area contributed by atoms with E-state index in [0.29, 0.717) is 0 Å². The summed E-state index contributed by atoms with van der Waals surface area (Å²) in [5, 5.41) is 0. The van der Waals surface area contributed by atoms with Crippen LogP contribution in [-0.4, -0.2) is 12.8 Å². The predicted molar refractivity (Wildman–Crippen MR) is 105 cm³/mol. The molecule has 0 fully saturated rings. The van der Waals surface area contributed by atoms with Crippen molar-refractivity contribution in [3.63, 3.8) is 0 Å². The molecule has 0 aliphatic rings. The lowest BCUT2D eigenvalue weighted by atomic mass is 10.0. The van der Waals surface area contributed by atoms with Crippen molar-refractivity contribution in [1.82, 2.24) is 0 Å². The fourth-order valence-corrected chi connectivity index (χ4v) is 3.05. The van der Waals surface area contributed by atoms with Crippen molar-refractivity contribution in [2.45, 2.75) is 64.5 Å². The highest BCUT2D eigenvalue weighted by Crippen LogP contribution is 2.27. The zero-order valence-corrected chi connectivity index (χ0v) is 16.3. The third kappa shape index (κ3) is 7.91. The maximum absolute atomic E-state index is 14.2. The first-order chi connectivity index (χ1) is 13.4. The van der Waals surface area contributed by atoms with Crippen LogP contribution in [0.15, 0.2) is 42.5 Å². The maximum atomic E-state index is 14.2. The lowest BCUT2D eigenvalue weighted by molar-refractivity contribution is -0.136. The van der Waals surface area contributed by atoms with Crippen LogP contribution in [0.1, 0.15) is 57.4 Å². The molecule has 0 atom stereocenters. The van der Waals surface area contributed by atoms with Crippen LogP contribution < -0.4 is 4.74 Å². The Morgan fingerprint density at radius 3 is 2.14 bits per heavy atom. The molecule has 2 aromatic carbocycles. The number of halogens is 4. The van der Waals surface area contributed by atoms with Gasteiger partial charge in [-0.1, -0.05) is 62.9 Å². The summed E-state index contributed by atoms with van der Waals surface area (Å²) >= 11 is 0. The molecule has 28 heavy (non-hydrogen) atoms. The normalized spacial score (nSPS) is 11.6. The lowest BCUT2D eigenvalue weighted by Gasteiger charge is -2.10. The Balaban J connectivity index is 1.87. The van der Waals surface area contributed by atoms with Gasteiger partial charge in [0.15, 0.2) is 11.6 Å². The highest BCUT2D eigenvalue weighted by atomic mass is 19.4. The van der Waals surface area contributed by atoms with Gasteiger partial charge in [-0.2, -0.15) is 13.2 Å². The topological polar surface area (TPSA) is 9.23 Å². The van der Waals surface area contributed by atoms with E-state index in [4.69, 9.17) is 4.74 Å². The summed E-state index contributed by atoms with van der Waals surface area (Å²) < 4.78 is 55.7. The van der Waals surface area contributed by atoms with E-state index in [-0.39, 0.29) is 18.8 Å². The summed E-state index contributed by atoms with van der Waals surface area (Å²) in [4.78, 5) is 0. The molecule has 0 saturated heterocycles. The second-order valence-corrected chi connectivity index (χ2v) is 7.07. The van der Waals surface area contributed by atoms with E-state index >= 15 is 0 Å². The zero-order chi connectivity index (χ0) is 20.4.